The fraction of sp³-hybridized carbons (Fsp3) is 0.312. The van der Waals surface area contributed by atoms with Crippen molar-refractivity contribution < 1.29 is 4.74 Å². The van der Waals surface area contributed by atoms with Gasteiger partial charge in [0.2, 0.25) is 0 Å². The van der Waals surface area contributed by atoms with Crippen molar-refractivity contribution >= 4 is 21.6 Å². The van der Waals surface area contributed by atoms with Gasteiger partial charge in [-0.1, -0.05) is 12.1 Å². The Hall–Kier alpha value is -1.55. The van der Waals surface area contributed by atoms with Crippen molar-refractivity contribution in [2.24, 2.45) is 5.92 Å². The molecule has 1 aromatic carbocycles. The number of halogens is 1. The van der Waals surface area contributed by atoms with E-state index < -0.39 is 0 Å². The number of methoxy groups -OCH3 is 1. The third-order valence-corrected chi connectivity index (χ3v) is 4.27. The molecular formula is C16H17BrN2O. The number of hydrogen-bond donors (Lipinski definition) is 1. The fourth-order valence-electron chi connectivity index (χ4n) is 2.38. The van der Waals surface area contributed by atoms with Crippen LogP contribution in [0.2, 0.25) is 0 Å². The van der Waals surface area contributed by atoms with Crippen molar-refractivity contribution in [3.63, 3.8) is 0 Å². The monoisotopic (exact) mass is 332 g/mol. The van der Waals surface area contributed by atoms with E-state index in [1.807, 2.05) is 18.2 Å². The molecule has 3 nitrogen and oxygen atoms in total. The van der Waals surface area contributed by atoms with Crippen LogP contribution in [0.25, 0.3) is 0 Å². The van der Waals surface area contributed by atoms with Gasteiger partial charge in [-0.3, -0.25) is 0 Å². The maximum Gasteiger partial charge on any atom is 0.129 e. The number of benzene rings is 1. The van der Waals surface area contributed by atoms with Crippen LogP contribution in [0.4, 0.5) is 5.69 Å². The van der Waals surface area contributed by atoms with Gasteiger partial charge in [0, 0.05) is 6.20 Å². The van der Waals surface area contributed by atoms with Crippen molar-refractivity contribution in [3.05, 3.63) is 52.8 Å². The van der Waals surface area contributed by atoms with Crippen molar-refractivity contribution in [1.29, 1.82) is 0 Å². The minimum absolute atomic E-state index is 0.335. The number of nitrogens with one attached hydrogen (secondary N) is 1. The topological polar surface area (TPSA) is 34.1 Å². The molecule has 4 heteroatoms. The minimum Gasteiger partial charge on any atom is -0.497 e. The number of anilines is 1. The molecule has 1 aliphatic rings. The highest BCUT2D eigenvalue weighted by Crippen LogP contribution is 2.43. The number of hydrogen-bond acceptors (Lipinski definition) is 3. The molecule has 0 bridgehead atoms. The largest absolute Gasteiger partial charge is 0.497 e. The van der Waals surface area contributed by atoms with Crippen LogP contribution in [0, 0.1) is 5.92 Å². The van der Waals surface area contributed by atoms with Crippen LogP contribution in [-0.4, -0.2) is 12.1 Å². The predicted octanol–water partition coefficient (Wildman–Crippen LogP) is 4.42. The van der Waals surface area contributed by atoms with Gasteiger partial charge < -0.3 is 10.1 Å². The van der Waals surface area contributed by atoms with Crippen molar-refractivity contribution in [2.45, 2.75) is 18.9 Å². The summed E-state index contributed by atoms with van der Waals surface area (Å²) < 4.78 is 6.08. The maximum absolute atomic E-state index is 5.22. The van der Waals surface area contributed by atoms with E-state index in [9.17, 15) is 0 Å². The average molecular weight is 333 g/mol. The number of pyridine rings is 1. The Morgan fingerprint density at radius 2 is 2.00 bits per heavy atom. The first-order valence-electron chi connectivity index (χ1n) is 6.79. The summed E-state index contributed by atoms with van der Waals surface area (Å²) in [7, 11) is 1.69. The van der Waals surface area contributed by atoms with E-state index in [0.717, 1.165) is 16.0 Å². The first kappa shape index (κ1) is 13.4. The normalized spacial score (nSPS) is 15.7. The quantitative estimate of drug-likeness (QED) is 0.823. The molecule has 1 fully saturated rings. The molecule has 0 radical (unpaired) electrons. The zero-order chi connectivity index (χ0) is 13.9. The van der Waals surface area contributed by atoms with Gasteiger partial charge >= 0.3 is 0 Å². The third-order valence-electron chi connectivity index (χ3n) is 3.64. The highest BCUT2D eigenvalue weighted by Gasteiger charge is 2.32. The molecule has 1 unspecified atom stereocenters. The second-order valence-corrected chi connectivity index (χ2v) is 5.83. The number of rotatable bonds is 5. The van der Waals surface area contributed by atoms with Crippen LogP contribution in [0.3, 0.4) is 0 Å². The van der Waals surface area contributed by atoms with Gasteiger partial charge in [-0.2, -0.15) is 0 Å². The van der Waals surface area contributed by atoms with Crippen LogP contribution in [-0.2, 0) is 0 Å². The van der Waals surface area contributed by atoms with Crippen LogP contribution in [0.1, 0.15) is 24.4 Å². The molecule has 3 rings (SSSR count). The Morgan fingerprint density at radius 3 is 2.60 bits per heavy atom. The van der Waals surface area contributed by atoms with Gasteiger partial charge in [-0.05, 0) is 64.5 Å². The Kier molecular flexibility index (Phi) is 3.92. The number of aromatic nitrogens is 1. The highest BCUT2D eigenvalue weighted by atomic mass is 79.9. The molecule has 1 aliphatic carbocycles. The summed E-state index contributed by atoms with van der Waals surface area (Å²) in [6.45, 7) is 0. The molecular weight excluding hydrogens is 316 g/mol. The molecule has 1 N–H and O–H groups in total. The number of nitrogens with zero attached hydrogens (tertiary/aromatic N) is 1. The van der Waals surface area contributed by atoms with Crippen LogP contribution < -0.4 is 10.1 Å². The van der Waals surface area contributed by atoms with E-state index in [-0.39, 0.29) is 0 Å². The van der Waals surface area contributed by atoms with Crippen molar-refractivity contribution in [2.75, 3.05) is 12.4 Å². The van der Waals surface area contributed by atoms with Crippen LogP contribution in [0.5, 0.6) is 5.75 Å². The van der Waals surface area contributed by atoms with Crippen molar-refractivity contribution in [3.8, 4) is 5.75 Å². The first-order chi connectivity index (χ1) is 9.78. The average Bonchev–Trinajstić information content (AvgIpc) is 3.31. The molecule has 2 aromatic rings. The summed E-state index contributed by atoms with van der Waals surface area (Å²) in [4.78, 5) is 4.27. The Labute approximate surface area is 127 Å². The summed E-state index contributed by atoms with van der Waals surface area (Å²) in [5.41, 5.74) is 2.34. The molecule has 1 atom stereocenters. The Balaban J connectivity index is 1.83. The van der Waals surface area contributed by atoms with E-state index in [2.05, 4.69) is 44.4 Å². The first-order valence-corrected chi connectivity index (χ1v) is 7.58. The molecule has 0 aliphatic heterocycles. The van der Waals surface area contributed by atoms with E-state index in [1.54, 1.807) is 13.3 Å². The number of ether oxygens (including phenoxy) is 1. The molecule has 1 aromatic heterocycles. The summed E-state index contributed by atoms with van der Waals surface area (Å²) >= 11 is 3.50. The molecule has 1 saturated carbocycles. The minimum atomic E-state index is 0.335. The van der Waals surface area contributed by atoms with E-state index >= 15 is 0 Å². The van der Waals surface area contributed by atoms with Crippen LogP contribution in [0.15, 0.2) is 47.2 Å². The van der Waals surface area contributed by atoms with Gasteiger partial charge in [-0.15, -0.1) is 0 Å². The predicted molar refractivity (Wildman–Crippen MR) is 84.0 cm³/mol. The van der Waals surface area contributed by atoms with Gasteiger partial charge in [-0.25, -0.2) is 4.98 Å². The van der Waals surface area contributed by atoms with Gasteiger partial charge in [0.25, 0.3) is 0 Å². The fourth-order valence-corrected chi connectivity index (χ4v) is 2.74. The lowest BCUT2D eigenvalue weighted by molar-refractivity contribution is 0.414. The lowest BCUT2D eigenvalue weighted by Crippen LogP contribution is -2.13. The standard InChI is InChI=1S/C16H17BrN2O/c1-20-13-8-6-12(7-9-13)15(11-4-5-11)19-14-3-2-10-18-16(14)17/h2-3,6-11,15,19H,4-5H2,1H3. The van der Waals surface area contributed by atoms with Gasteiger partial charge in [0.15, 0.2) is 0 Å². The molecule has 1 heterocycles. The lowest BCUT2D eigenvalue weighted by Gasteiger charge is -2.21. The zero-order valence-corrected chi connectivity index (χ0v) is 12.9. The molecule has 0 spiro atoms. The summed E-state index contributed by atoms with van der Waals surface area (Å²) in [5, 5.41) is 3.61. The molecule has 0 amide bonds. The van der Waals surface area contributed by atoms with E-state index in [0.29, 0.717) is 12.0 Å². The van der Waals surface area contributed by atoms with Gasteiger partial charge in [0.05, 0.1) is 18.8 Å². The van der Waals surface area contributed by atoms with E-state index in [4.69, 9.17) is 4.74 Å². The Morgan fingerprint density at radius 1 is 1.25 bits per heavy atom. The summed E-state index contributed by atoms with van der Waals surface area (Å²) in [6.07, 6.45) is 4.35. The molecule has 20 heavy (non-hydrogen) atoms. The summed E-state index contributed by atoms with van der Waals surface area (Å²) in [6, 6.07) is 12.6. The smallest absolute Gasteiger partial charge is 0.129 e. The third kappa shape index (κ3) is 2.96. The second kappa shape index (κ2) is 5.83. The second-order valence-electron chi connectivity index (χ2n) is 5.07. The SMILES string of the molecule is COc1ccc(C(Nc2cccnc2Br)C2CC2)cc1. The van der Waals surface area contributed by atoms with E-state index in [1.165, 1.54) is 18.4 Å². The van der Waals surface area contributed by atoms with Crippen molar-refractivity contribution in [1.82, 2.24) is 4.98 Å². The lowest BCUT2D eigenvalue weighted by atomic mass is 10.0. The zero-order valence-electron chi connectivity index (χ0n) is 11.3. The highest BCUT2D eigenvalue weighted by molar-refractivity contribution is 9.10. The van der Waals surface area contributed by atoms with Crippen LogP contribution >= 0.6 is 15.9 Å². The Bertz CT molecular complexity index is 581. The maximum atomic E-state index is 5.22. The van der Waals surface area contributed by atoms with Gasteiger partial charge in [0.1, 0.15) is 10.4 Å². The molecule has 0 saturated heterocycles. The summed E-state index contributed by atoms with van der Waals surface area (Å²) in [5.74, 6) is 1.60. The molecule has 104 valence electrons.